The third kappa shape index (κ3) is 7.25. The zero-order valence-corrected chi connectivity index (χ0v) is 26.7. The molecule has 11 nitrogen and oxygen atoms in total. The van der Waals surface area contributed by atoms with Gasteiger partial charge in [0, 0.05) is 38.4 Å². The second kappa shape index (κ2) is 14.8. The van der Waals surface area contributed by atoms with Gasteiger partial charge < -0.3 is 35.1 Å². The number of fused-ring (bicyclic) bond motifs is 4. The number of hydrogen-bond donors (Lipinski definition) is 4. The highest BCUT2D eigenvalue weighted by Crippen LogP contribution is 2.50. The molecular weight excluding hydrogens is 586 g/mol. The van der Waals surface area contributed by atoms with Gasteiger partial charge in [-0.05, 0) is 72.7 Å². The third-order valence-corrected chi connectivity index (χ3v) is 8.16. The summed E-state index contributed by atoms with van der Waals surface area (Å²) in [7, 11) is 4.69. The number of aryl methyl sites for hydroxylation is 2. The molecule has 0 fully saturated rings. The Kier molecular flexibility index (Phi) is 10.4. The summed E-state index contributed by atoms with van der Waals surface area (Å²) in [5.41, 5.74) is 5.35. The molecule has 1 unspecified atom stereocenters. The number of aromatic amines is 1. The maximum absolute atomic E-state index is 13.5. The first-order valence-corrected chi connectivity index (χ1v) is 15.5. The predicted molar refractivity (Wildman–Crippen MR) is 178 cm³/mol. The number of amides is 2. The first-order chi connectivity index (χ1) is 22.3. The lowest BCUT2D eigenvalue weighted by Crippen LogP contribution is -2.26. The fraction of sp³-hybridized carbons (Fsp3) is 0.371. The Morgan fingerprint density at radius 3 is 2.52 bits per heavy atom. The molecule has 0 radical (unpaired) electrons. The number of carbonyl (C=O) groups is 2. The van der Waals surface area contributed by atoms with Crippen LogP contribution in [-0.4, -0.2) is 56.2 Å². The van der Waals surface area contributed by atoms with Gasteiger partial charge in [0.25, 0.3) is 0 Å². The molecule has 242 valence electrons. The average molecular weight is 628 g/mol. The van der Waals surface area contributed by atoms with Crippen LogP contribution in [0.1, 0.15) is 55.6 Å². The van der Waals surface area contributed by atoms with Crippen LogP contribution in [0.25, 0.3) is 22.2 Å². The minimum atomic E-state index is -0.384. The van der Waals surface area contributed by atoms with E-state index in [-0.39, 0.29) is 23.3 Å². The molecule has 0 spiro atoms. The number of benzene rings is 2. The first kappa shape index (κ1) is 32.3. The lowest BCUT2D eigenvalue weighted by molar-refractivity contribution is -0.121. The van der Waals surface area contributed by atoms with E-state index in [9.17, 15) is 14.4 Å². The topological polar surface area (TPSA) is 144 Å². The van der Waals surface area contributed by atoms with Crippen molar-refractivity contribution in [3.05, 3.63) is 75.7 Å². The molecule has 0 saturated heterocycles. The van der Waals surface area contributed by atoms with Gasteiger partial charge in [-0.2, -0.15) is 0 Å². The van der Waals surface area contributed by atoms with Crippen molar-refractivity contribution in [3.63, 3.8) is 0 Å². The number of para-hydroxylation sites is 2. The minimum absolute atomic E-state index is 0.0367. The molecule has 3 aromatic carbocycles. The largest absolute Gasteiger partial charge is 0.493 e. The Bertz CT molecular complexity index is 1750. The van der Waals surface area contributed by atoms with E-state index < -0.39 is 0 Å². The molecule has 2 amide bonds. The number of nitrogens with zero attached hydrogens (tertiary/aromatic N) is 1. The van der Waals surface area contributed by atoms with Crippen LogP contribution in [0.5, 0.6) is 17.2 Å². The fourth-order valence-electron chi connectivity index (χ4n) is 6.02. The van der Waals surface area contributed by atoms with Gasteiger partial charge in [0.15, 0.2) is 11.5 Å². The fourth-order valence-corrected chi connectivity index (χ4v) is 6.02. The van der Waals surface area contributed by atoms with Crippen LogP contribution < -0.4 is 35.6 Å². The summed E-state index contributed by atoms with van der Waals surface area (Å²) in [4.78, 5) is 46.0. The predicted octanol–water partition coefficient (Wildman–Crippen LogP) is 4.68. The summed E-state index contributed by atoms with van der Waals surface area (Å²) in [5.74, 6) is 2.18. The number of imidazole rings is 1. The van der Waals surface area contributed by atoms with Crippen molar-refractivity contribution in [1.82, 2.24) is 20.6 Å². The van der Waals surface area contributed by atoms with Gasteiger partial charge in [0.1, 0.15) is 5.82 Å². The smallest absolute Gasteiger partial charge is 0.220 e. The summed E-state index contributed by atoms with van der Waals surface area (Å²) in [6.45, 7) is 2.47. The highest BCUT2D eigenvalue weighted by Gasteiger charge is 2.29. The Hall–Kier alpha value is -5.06. The maximum atomic E-state index is 13.5. The van der Waals surface area contributed by atoms with Crippen LogP contribution in [0.15, 0.2) is 53.3 Å². The lowest BCUT2D eigenvalue weighted by Gasteiger charge is -2.19. The normalized spacial score (nSPS) is 13.6. The molecule has 1 heterocycles. The van der Waals surface area contributed by atoms with E-state index in [4.69, 9.17) is 14.2 Å². The molecule has 5 rings (SSSR count). The molecule has 0 bridgehead atoms. The quantitative estimate of drug-likeness (QED) is 0.157. The van der Waals surface area contributed by atoms with Crippen molar-refractivity contribution in [3.8, 4) is 28.4 Å². The van der Waals surface area contributed by atoms with Crippen LogP contribution >= 0.6 is 0 Å². The van der Waals surface area contributed by atoms with E-state index >= 15 is 0 Å². The molecule has 1 aliphatic carbocycles. The van der Waals surface area contributed by atoms with Crippen molar-refractivity contribution < 1.29 is 23.8 Å². The number of aromatic nitrogens is 2. The maximum Gasteiger partial charge on any atom is 0.220 e. The van der Waals surface area contributed by atoms with Crippen LogP contribution in [0, 0.1) is 0 Å². The van der Waals surface area contributed by atoms with Gasteiger partial charge in [-0.25, -0.2) is 4.98 Å². The summed E-state index contributed by atoms with van der Waals surface area (Å²) in [6, 6.07) is 14.6. The second-order valence-corrected chi connectivity index (χ2v) is 11.3. The van der Waals surface area contributed by atoms with E-state index in [1.54, 1.807) is 33.5 Å². The van der Waals surface area contributed by atoms with Gasteiger partial charge >= 0.3 is 0 Å². The summed E-state index contributed by atoms with van der Waals surface area (Å²) < 4.78 is 17.1. The van der Waals surface area contributed by atoms with Crippen molar-refractivity contribution in [2.24, 2.45) is 0 Å². The number of nitrogens with one attached hydrogen (secondary N) is 4. The SMILES string of the molecule is COc1cc2c(c(OC)c1OC)-c1ccc(NCCCC(=O)NCCCc3nc4ccccc4[nH]3)c(=O)cc1C(NC(C)=O)CC2. The molecule has 1 aliphatic rings. The standard InChI is InChI=1S/C35H41N5O6/c1-21(41)38-25-15-13-22-19-30(44-2)34(45-3)35(46-4)33(22)23-14-16-28(29(42)20-24(23)25)36-17-8-12-32(43)37-18-7-11-31-39-26-9-5-6-10-27(26)40-31/h5-6,9-10,14,16,19-20,25H,7-8,11-13,15,17-18H2,1-4H3,(H,36,42)(H,37,43)(H,38,41)(H,39,40). The molecule has 0 aliphatic heterocycles. The van der Waals surface area contributed by atoms with E-state index in [1.165, 1.54) is 6.92 Å². The van der Waals surface area contributed by atoms with Gasteiger partial charge in [-0.15, -0.1) is 0 Å². The highest BCUT2D eigenvalue weighted by atomic mass is 16.5. The van der Waals surface area contributed by atoms with Crippen molar-refractivity contribution in [2.45, 2.75) is 51.5 Å². The number of carbonyl (C=O) groups excluding carboxylic acids is 2. The lowest BCUT2D eigenvalue weighted by atomic mass is 9.95. The molecule has 0 saturated carbocycles. The van der Waals surface area contributed by atoms with Gasteiger partial charge in [0.05, 0.1) is 44.1 Å². The van der Waals surface area contributed by atoms with Crippen molar-refractivity contribution in [2.75, 3.05) is 39.7 Å². The van der Waals surface area contributed by atoms with Crippen molar-refractivity contribution in [1.29, 1.82) is 0 Å². The molecule has 4 aromatic rings. The van der Waals surface area contributed by atoms with Crippen LogP contribution in [0.4, 0.5) is 5.69 Å². The number of methoxy groups -OCH3 is 3. The Labute approximate surface area is 268 Å². The number of ether oxygens (including phenoxy) is 3. The van der Waals surface area contributed by atoms with E-state index in [0.29, 0.717) is 67.3 Å². The number of rotatable bonds is 13. The van der Waals surface area contributed by atoms with Gasteiger partial charge in [-0.1, -0.05) is 18.2 Å². The average Bonchev–Trinajstić information content (AvgIpc) is 3.33. The van der Waals surface area contributed by atoms with Crippen LogP contribution in [0.2, 0.25) is 0 Å². The summed E-state index contributed by atoms with van der Waals surface area (Å²) >= 11 is 0. The van der Waals surface area contributed by atoms with E-state index in [1.807, 2.05) is 36.4 Å². The molecule has 4 N–H and O–H groups in total. The first-order valence-electron chi connectivity index (χ1n) is 15.5. The summed E-state index contributed by atoms with van der Waals surface area (Å²) in [6.07, 6.45) is 3.61. The molecule has 1 aromatic heterocycles. The highest BCUT2D eigenvalue weighted by molar-refractivity contribution is 5.84. The zero-order valence-electron chi connectivity index (χ0n) is 26.7. The van der Waals surface area contributed by atoms with Crippen LogP contribution in [0.3, 0.4) is 0 Å². The van der Waals surface area contributed by atoms with Gasteiger partial charge in [-0.3, -0.25) is 14.4 Å². The molecule has 1 atom stereocenters. The van der Waals surface area contributed by atoms with E-state index in [2.05, 4.69) is 25.9 Å². The van der Waals surface area contributed by atoms with Gasteiger partial charge in [0.2, 0.25) is 23.0 Å². The Morgan fingerprint density at radius 2 is 1.78 bits per heavy atom. The zero-order chi connectivity index (χ0) is 32.6. The molecular formula is C35H41N5O6. The van der Waals surface area contributed by atoms with Crippen LogP contribution in [-0.2, 0) is 22.4 Å². The Morgan fingerprint density at radius 1 is 0.978 bits per heavy atom. The van der Waals surface area contributed by atoms with E-state index in [0.717, 1.165) is 46.4 Å². The monoisotopic (exact) mass is 627 g/mol. The number of H-pyrrole nitrogens is 1. The number of hydrogen-bond acceptors (Lipinski definition) is 8. The number of anilines is 1. The third-order valence-electron chi connectivity index (χ3n) is 8.16. The summed E-state index contributed by atoms with van der Waals surface area (Å²) in [5, 5.41) is 9.19. The van der Waals surface area contributed by atoms with Crippen molar-refractivity contribution >= 4 is 28.5 Å². The molecule has 11 heteroatoms. The Balaban J connectivity index is 1.25. The molecule has 46 heavy (non-hydrogen) atoms. The minimum Gasteiger partial charge on any atom is -0.493 e. The second-order valence-electron chi connectivity index (χ2n) is 11.3.